The molecule has 0 fully saturated rings. The molecule has 0 radical (unpaired) electrons. The first kappa shape index (κ1) is 46.1. The molecule has 0 saturated heterocycles. The summed E-state index contributed by atoms with van der Waals surface area (Å²) in [4.78, 5) is 30.3. The maximum absolute atomic E-state index is 12.5. The van der Waals surface area contributed by atoms with Gasteiger partial charge < -0.3 is 31.1 Å². The summed E-state index contributed by atoms with van der Waals surface area (Å²) in [5.74, 6) is 0. The minimum Gasteiger partial charge on any atom is -0.338 e. The molecule has 0 aliphatic rings. The molecule has 4 N–H and O–H groups in total. The van der Waals surface area contributed by atoms with Crippen LogP contribution in [-0.2, 0) is 6.42 Å². The normalized spacial score (nSPS) is 11.3. The van der Waals surface area contributed by atoms with E-state index in [1.54, 1.807) is 0 Å². The molecule has 2 rings (SSSR count). The quantitative estimate of drug-likeness (QED) is 0.0564. The van der Waals surface area contributed by atoms with E-state index in [0.29, 0.717) is 13.1 Å². The summed E-state index contributed by atoms with van der Waals surface area (Å²) in [5.41, 5.74) is 3.91. The van der Waals surface area contributed by atoms with Crippen LogP contribution in [0.4, 0.5) is 21.0 Å². The summed E-state index contributed by atoms with van der Waals surface area (Å²) in [6.45, 7) is 17.5. The summed E-state index contributed by atoms with van der Waals surface area (Å²) < 4.78 is 0. The summed E-state index contributed by atoms with van der Waals surface area (Å²) in [6, 6.07) is 15.8. The topological polar surface area (TPSA) is 88.7 Å². The molecule has 0 atom stereocenters. The van der Waals surface area contributed by atoms with Crippen LogP contribution in [0, 0.1) is 0 Å². The zero-order chi connectivity index (χ0) is 38.2. The minimum absolute atomic E-state index is 0.151. The highest BCUT2D eigenvalue weighted by Gasteiger charge is 2.08. The van der Waals surface area contributed by atoms with Gasteiger partial charge in [0.2, 0.25) is 0 Å². The lowest BCUT2D eigenvalue weighted by molar-refractivity contribution is 0.247. The Hall–Kier alpha value is -3.10. The maximum atomic E-state index is 12.5. The Balaban J connectivity index is 1.63. The molecule has 0 aliphatic carbocycles. The molecule has 0 spiro atoms. The van der Waals surface area contributed by atoms with Gasteiger partial charge in [0.25, 0.3) is 0 Å². The molecule has 2 aromatic carbocycles. The number of carbonyl (C=O) groups is 2. The van der Waals surface area contributed by atoms with Crippen molar-refractivity contribution in [3.8, 4) is 0 Å². The van der Waals surface area contributed by atoms with Gasteiger partial charge in [0.15, 0.2) is 0 Å². The number of nitrogens with one attached hydrogen (secondary N) is 4. The van der Waals surface area contributed by atoms with Crippen molar-refractivity contribution in [2.75, 3.05) is 63.0 Å². The van der Waals surface area contributed by atoms with Gasteiger partial charge in [-0.05, 0) is 132 Å². The standard InChI is InChI=1S/C45H78N6O2/c1-5-9-13-19-35-50(33-17-11-7-3)37-21-15-31-46-44(52)48-42-27-23-40(24-28-42)39-41-25-29-43(30-26-41)49-45(53)47-32-16-22-38-51(34-18-12-8-4)36-20-14-10-6-2/h23-30H,5-22,31-39H2,1-4H3,(H2,46,48,52)(H2,47,49,53). The molecule has 0 aromatic heterocycles. The Bertz CT molecular complexity index is 1080. The van der Waals surface area contributed by atoms with Crippen LogP contribution >= 0.6 is 0 Å². The van der Waals surface area contributed by atoms with Crippen molar-refractivity contribution < 1.29 is 9.59 Å². The number of anilines is 2. The highest BCUT2D eigenvalue weighted by molar-refractivity contribution is 5.89. The monoisotopic (exact) mass is 735 g/mol. The molecule has 300 valence electrons. The molecule has 0 heterocycles. The van der Waals surface area contributed by atoms with E-state index in [1.807, 2.05) is 24.3 Å². The van der Waals surface area contributed by atoms with Gasteiger partial charge in [0.05, 0.1) is 0 Å². The van der Waals surface area contributed by atoms with Gasteiger partial charge in [0.1, 0.15) is 0 Å². The summed E-state index contributed by atoms with van der Waals surface area (Å²) in [7, 11) is 0. The third-order valence-corrected chi connectivity index (χ3v) is 10.0. The first-order valence-electron chi connectivity index (χ1n) is 21.7. The van der Waals surface area contributed by atoms with E-state index in [9.17, 15) is 9.59 Å². The largest absolute Gasteiger partial charge is 0.338 e. The van der Waals surface area contributed by atoms with E-state index < -0.39 is 0 Å². The van der Waals surface area contributed by atoms with Crippen molar-refractivity contribution in [2.45, 2.75) is 150 Å². The zero-order valence-electron chi connectivity index (χ0n) is 34.4. The van der Waals surface area contributed by atoms with Crippen molar-refractivity contribution >= 4 is 23.4 Å². The van der Waals surface area contributed by atoms with Crippen molar-refractivity contribution in [1.82, 2.24) is 20.4 Å². The number of hydrogen-bond donors (Lipinski definition) is 4. The minimum atomic E-state index is -0.151. The lowest BCUT2D eigenvalue weighted by atomic mass is 10.0. The average Bonchev–Trinajstić information content (AvgIpc) is 3.16. The number of amides is 4. The molecule has 0 unspecified atom stereocenters. The first-order chi connectivity index (χ1) is 26.0. The summed E-state index contributed by atoms with van der Waals surface area (Å²) in [6.07, 6.45) is 23.1. The van der Waals surface area contributed by atoms with Gasteiger partial charge in [-0.3, -0.25) is 0 Å². The van der Waals surface area contributed by atoms with Crippen LogP contribution in [0.1, 0.15) is 154 Å². The fourth-order valence-corrected chi connectivity index (χ4v) is 6.69. The molecule has 4 amide bonds. The van der Waals surface area contributed by atoms with E-state index in [1.165, 1.54) is 116 Å². The van der Waals surface area contributed by atoms with Crippen LogP contribution in [0.3, 0.4) is 0 Å². The van der Waals surface area contributed by atoms with E-state index in [-0.39, 0.29) is 12.1 Å². The Kier molecular flexibility index (Phi) is 27.2. The van der Waals surface area contributed by atoms with E-state index in [0.717, 1.165) is 67.7 Å². The van der Waals surface area contributed by atoms with Crippen LogP contribution in [0.5, 0.6) is 0 Å². The lowest BCUT2D eigenvalue weighted by Gasteiger charge is -2.22. The van der Waals surface area contributed by atoms with Gasteiger partial charge in [-0.2, -0.15) is 0 Å². The van der Waals surface area contributed by atoms with E-state index in [2.05, 4.69) is 83.0 Å². The van der Waals surface area contributed by atoms with Crippen LogP contribution < -0.4 is 21.3 Å². The molecule has 0 bridgehead atoms. The Morgan fingerprint density at radius 2 is 0.717 bits per heavy atom. The second-order valence-corrected chi connectivity index (χ2v) is 15.0. The lowest BCUT2D eigenvalue weighted by Crippen LogP contribution is -2.31. The Morgan fingerprint density at radius 1 is 0.415 bits per heavy atom. The fraction of sp³-hybridized carbons (Fsp3) is 0.689. The highest BCUT2D eigenvalue weighted by Crippen LogP contribution is 2.16. The van der Waals surface area contributed by atoms with Crippen LogP contribution in [0.2, 0.25) is 0 Å². The second kappa shape index (κ2) is 31.3. The first-order valence-corrected chi connectivity index (χ1v) is 21.7. The maximum Gasteiger partial charge on any atom is 0.319 e. The number of urea groups is 2. The number of rotatable bonds is 32. The Morgan fingerprint density at radius 3 is 1.06 bits per heavy atom. The van der Waals surface area contributed by atoms with Crippen LogP contribution in [-0.4, -0.2) is 74.2 Å². The number of carbonyl (C=O) groups excluding carboxylic acids is 2. The van der Waals surface area contributed by atoms with Gasteiger partial charge >= 0.3 is 12.1 Å². The van der Waals surface area contributed by atoms with Crippen LogP contribution in [0.15, 0.2) is 48.5 Å². The zero-order valence-corrected chi connectivity index (χ0v) is 34.4. The van der Waals surface area contributed by atoms with Crippen LogP contribution in [0.25, 0.3) is 0 Å². The van der Waals surface area contributed by atoms with E-state index in [4.69, 9.17) is 0 Å². The molecular weight excluding hydrogens is 657 g/mol. The number of unbranched alkanes of at least 4 members (excludes halogenated alkanes) is 12. The summed E-state index contributed by atoms with van der Waals surface area (Å²) >= 11 is 0. The van der Waals surface area contributed by atoms with Crippen molar-refractivity contribution in [3.05, 3.63) is 59.7 Å². The predicted molar refractivity (Wildman–Crippen MR) is 228 cm³/mol. The van der Waals surface area contributed by atoms with Gasteiger partial charge in [-0.25, -0.2) is 9.59 Å². The second-order valence-electron chi connectivity index (χ2n) is 15.0. The third kappa shape index (κ3) is 24.0. The van der Waals surface area contributed by atoms with Crippen molar-refractivity contribution in [2.24, 2.45) is 0 Å². The third-order valence-electron chi connectivity index (χ3n) is 10.0. The predicted octanol–water partition coefficient (Wildman–Crippen LogP) is 11.2. The number of nitrogens with zero attached hydrogens (tertiary/aromatic N) is 2. The van der Waals surface area contributed by atoms with Gasteiger partial charge in [-0.15, -0.1) is 0 Å². The molecular formula is C45H78N6O2. The molecule has 8 heteroatoms. The number of benzene rings is 2. The fourth-order valence-electron chi connectivity index (χ4n) is 6.69. The van der Waals surface area contributed by atoms with Crippen molar-refractivity contribution in [3.63, 3.8) is 0 Å². The van der Waals surface area contributed by atoms with Gasteiger partial charge in [-0.1, -0.05) is 116 Å². The average molecular weight is 735 g/mol. The summed E-state index contributed by atoms with van der Waals surface area (Å²) in [5, 5.41) is 12.0. The van der Waals surface area contributed by atoms with Crippen molar-refractivity contribution in [1.29, 1.82) is 0 Å². The SMILES string of the molecule is CCCCCCN(CCCCC)CCCCNC(=O)Nc1ccc(Cc2ccc(NC(=O)NCCCCN(CCCCC)CCCCCC)cc2)cc1. The van der Waals surface area contributed by atoms with E-state index >= 15 is 0 Å². The molecule has 8 nitrogen and oxygen atoms in total. The molecule has 0 aliphatic heterocycles. The molecule has 0 saturated carbocycles. The molecule has 2 aromatic rings. The molecule has 53 heavy (non-hydrogen) atoms. The van der Waals surface area contributed by atoms with Gasteiger partial charge in [0, 0.05) is 24.5 Å². The highest BCUT2D eigenvalue weighted by atomic mass is 16.2. The smallest absolute Gasteiger partial charge is 0.319 e. The Labute approximate surface area is 325 Å². The number of hydrogen-bond acceptors (Lipinski definition) is 4.